The molecule has 0 saturated carbocycles. The van der Waals surface area contributed by atoms with Crippen molar-refractivity contribution in [1.29, 1.82) is 0 Å². The first-order chi connectivity index (χ1) is 14.3. The smallest absolute Gasteiger partial charge is 0.240 e. The molecule has 2 aromatic carbocycles. The number of aromatic nitrogens is 2. The number of fused-ring (bicyclic) bond motifs is 1. The molecule has 1 aromatic heterocycles. The molecule has 0 spiro atoms. The zero-order valence-corrected chi connectivity index (χ0v) is 17.6. The standard InChI is InChI=1S/C22H24ClN5O2/c1-13(2)20(21(24)30)28-22-16-8-3-4-9-17(16)26-18(27-22)12-25-19(29)11-14-6-5-7-15(23)10-14/h3-10,13,20H,11-12H2,1-2H3,(H2,24,30)(H,25,29)(H,26,27,28)/t20-/m0/s1. The van der Waals surface area contributed by atoms with Crippen molar-refractivity contribution in [3.63, 3.8) is 0 Å². The number of nitrogens with zero attached hydrogens (tertiary/aromatic N) is 2. The van der Waals surface area contributed by atoms with Crippen LogP contribution in [0.2, 0.25) is 5.02 Å². The number of carbonyl (C=O) groups is 2. The van der Waals surface area contributed by atoms with E-state index in [4.69, 9.17) is 17.3 Å². The number of halogens is 1. The van der Waals surface area contributed by atoms with Gasteiger partial charge in [0.15, 0.2) is 5.82 Å². The van der Waals surface area contributed by atoms with Crippen molar-refractivity contribution in [3.8, 4) is 0 Å². The number of carbonyl (C=O) groups excluding carboxylic acids is 2. The minimum Gasteiger partial charge on any atom is -0.368 e. The van der Waals surface area contributed by atoms with Crippen LogP contribution in [0, 0.1) is 5.92 Å². The number of nitrogens with two attached hydrogens (primary N) is 1. The average molecular weight is 426 g/mol. The van der Waals surface area contributed by atoms with E-state index < -0.39 is 11.9 Å². The summed E-state index contributed by atoms with van der Waals surface area (Å²) in [7, 11) is 0. The van der Waals surface area contributed by atoms with E-state index in [-0.39, 0.29) is 24.8 Å². The molecule has 1 atom stereocenters. The van der Waals surface area contributed by atoms with E-state index in [0.29, 0.717) is 22.2 Å². The first-order valence-corrected chi connectivity index (χ1v) is 10.0. The summed E-state index contributed by atoms with van der Waals surface area (Å²) in [6.45, 7) is 3.97. The van der Waals surface area contributed by atoms with Gasteiger partial charge in [0.2, 0.25) is 11.8 Å². The van der Waals surface area contributed by atoms with Crippen molar-refractivity contribution < 1.29 is 9.59 Å². The SMILES string of the molecule is CC(C)[C@H](Nc1nc(CNC(=O)Cc2cccc(Cl)c2)nc2ccccc12)C(N)=O. The predicted molar refractivity (Wildman–Crippen MR) is 118 cm³/mol. The molecule has 156 valence electrons. The Labute approximate surface area is 180 Å². The number of rotatable bonds is 8. The number of para-hydroxylation sites is 1. The molecule has 30 heavy (non-hydrogen) atoms. The molecule has 3 rings (SSSR count). The Morgan fingerprint density at radius 2 is 1.87 bits per heavy atom. The molecule has 0 aliphatic carbocycles. The molecule has 0 bridgehead atoms. The van der Waals surface area contributed by atoms with Crippen LogP contribution in [0.3, 0.4) is 0 Å². The summed E-state index contributed by atoms with van der Waals surface area (Å²) in [6, 6.07) is 14.1. The van der Waals surface area contributed by atoms with Gasteiger partial charge in [0.25, 0.3) is 0 Å². The molecule has 0 saturated heterocycles. The topological polar surface area (TPSA) is 110 Å². The van der Waals surface area contributed by atoms with Crippen molar-refractivity contribution in [3.05, 3.63) is 64.9 Å². The fraction of sp³-hybridized carbons (Fsp3) is 0.273. The lowest BCUT2D eigenvalue weighted by Crippen LogP contribution is -2.40. The summed E-state index contributed by atoms with van der Waals surface area (Å²) in [5.41, 5.74) is 7.07. The Kier molecular flexibility index (Phi) is 6.84. The number of hydrogen-bond donors (Lipinski definition) is 3. The highest BCUT2D eigenvalue weighted by atomic mass is 35.5. The van der Waals surface area contributed by atoms with E-state index in [1.165, 1.54) is 0 Å². The second kappa shape index (κ2) is 9.54. The van der Waals surface area contributed by atoms with Gasteiger partial charge >= 0.3 is 0 Å². The quantitative estimate of drug-likeness (QED) is 0.513. The van der Waals surface area contributed by atoms with Gasteiger partial charge in [-0.3, -0.25) is 9.59 Å². The second-order valence-corrected chi connectivity index (χ2v) is 7.79. The van der Waals surface area contributed by atoms with E-state index in [1.807, 2.05) is 44.2 Å². The highest BCUT2D eigenvalue weighted by Gasteiger charge is 2.21. The van der Waals surface area contributed by atoms with Gasteiger partial charge in [0.05, 0.1) is 18.5 Å². The molecule has 0 radical (unpaired) electrons. The molecule has 0 aliphatic rings. The minimum absolute atomic E-state index is 0.0166. The van der Waals surface area contributed by atoms with Crippen molar-refractivity contribution in [2.24, 2.45) is 11.7 Å². The van der Waals surface area contributed by atoms with Gasteiger partial charge in [-0.1, -0.05) is 49.7 Å². The summed E-state index contributed by atoms with van der Waals surface area (Å²) in [5, 5.41) is 7.34. The van der Waals surface area contributed by atoms with E-state index in [2.05, 4.69) is 20.6 Å². The van der Waals surface area contributed by atoms with E-state index in [0.717, 1.165) is 10.9 Å². The lowest BCUT2D eigenvalue weighted by Gasteiger charge is -2.21. The van der Waals surface area contributed by atoms with Gasteiger partial charge in [-0.25, -0.2) is 9.97 Å². The third kappa shape index (κ3) is 5.45. The molecule has 7 nitrogen and oxygen atoms in total. The van der Waals surface area contributed by atoms with Crippen LogP contribution in [0.5, 0.6) is 0 Å². The lowest BCUT2D eigenvalue weighted by molar-refractivity contribution is -0.121. The van der Waals surface area contributed by atoms with E-state index >= 15 is 0 Å². The Hall–Kier alpha value is -3.19. The average Bonchev–Trinajstić information content (AvgIpc) is 2.69. The summed E-state index contributed by atoms with van der Waals surface area (Å²) in [5.74, 6) is 0.307. The number of primary amides is 1. The van der Waals surface area contributed by atoms with Crippen LogP contribution >= 0.6 is 11.6 Å². The zero-order valence-electron chi connectivity index (χ0n) is 16.9. The number of benzene rings is 2. The van der Waals surface area contributed by atoms with Crippen molar-refractivity contribution in [1.82, 2.24) is 15.3 Å². The Balaban J connectivity index is 1.79. The molecule has 0 unspecified atom stereocenters. The maximum absolute atomic E-state index is 12.3. The van der Waals surface area contributed by atoms with E-state index in [1.54, 1.807) is 18.2 Å². The number of amides is 2. The monoisotopic (exact) mass is 425 g/mol. The van der Waals surface area contributed by atoms with Crippen LogP contribution in [0.15, 0.2) is 48.5 Å². The van der Waals surface area contributed by atoms with Gasteiger partial charge in [-0.2, -0.15) is 0 Å². The van der Waals surface area contributed by atoms with Crippen LogP contribution in [0.25, 0.3) is 10.9 Å². The molecule has 8 heteroatoms. The third-order valence-electron chi connectivity index (χ3n) is 4.61. The first-order valence-electron chi connectivity index (χ1n) is 9.66. The maximum Gasteiger partial charge on any atom is 0.240 e. The zero-order chi connectivity index (χ0) is 21.7. The minimum atomic E-state index is -0.575. The first kappa shape index (κ1) is 21.5. The maximum atomic E-state index is 12.3. The van der Waals surface area contributed by atoms with Crippen molar-refractivity contribution in [2.75, 3.05) is 5.32 Å². The van der Waals surface area contributed by atoms with Gasteiger partial charge in [-0.05, 0) is 35.7 Å². The summed E-state index contributed by atoms with van der Waals surface area (Å²) >= 11 is 5.97. The molecular formula is C22H24ClN5O2. The molecule has 4 N–H and O–H groups in total. The Bertz CT molecular complexity index is 1070. The lowest BCUT2D eigenvalue weighted by atomic mass is 10.0. The van der Waals surface area contributed by atoms with Crippen molar-refractivity contribution in [2.45, 2.75) is 32.9 Å². The Morgan fingerprint density at radius 3 is 2.57 bits per heavy atom. The number of anilines is 1. The predicted octanol–water partition coefficient (Wildman–Crippen LogP) is 3.06. The molecule has 0 aliphatic heterocycles. The molecule has 1 heterocycles. The molecular weight excluding hydrogens is 402 g/mol. The fourth-order valence-corrected chi connectivity index (χ4v) is 3.31. The van der Waals surface area contributed by atoms with Gasteiger partial charge in [0.1, 0.15) is 11.9 Å². The second-order valence-electron chi connectivity index (χ2n) is 7.36. The third-order valence-corrected chi connectivity index (χ3v) is 4.85. The summed E-state index contributed by atoms with van der Waals surface area (Å²) < 4.78 is 0. The highest BCUT2D eigenvalue weighted by molar-refractivity contribution is 6.30. The van der Waals surface area contributed by atoms with Crippen LogP contribution in [0.1, 0.15) is 25.2 Å². The number of hydrogen-bond acceptors (Lipinski definition) is 5. The summed E-state index contributed by atoms with van der Waals surface area (Å²) in [6.07, 6.45) is 0.205. The highest BCUT2D eigenvalue weighted by Crippen LogP contribution is 2.22. The van der Waals surface area contributed by atoms with E-state index in [9.17, 15) is 9.59 Å². The van der Waals surface area contributed by atoms with Crippen LogP contribution in [0.4, 0.5) is 5.82 Å². The van der Waals surface area contributed by atoms with Crippen LogP contribution < -0.4 is 16.4 Å². The Morgan fingerprint density at radius 1 is 1.10 bits per heavy atom. The molecule has 0 fully saturated rings. The van der Waals surface area contributed by atoms with Crippen LogP contribution in [-0.4, -0.2) is 27.8 Å². The normalized spacial score (nSPS) is 12.0. The largest absolute Gasteiger partial charge is 0.368 e. The number of nitrogens with one attached hydrogen (secondary N) is 2. The fourth-order valence-electron chi connectivity index (χ4n) is 3.10. The van der Waals surface area contributed by atoms with Gasteiger partial charge in [-0.15, -0.1) is 0 Å². The summed E-state index contributed by atoms with van der Waals surface area (Å²) in [4.78, 5) is 33.2. The molecule has 2 amide bonds. The van der Waals surface area contributed by atoms with Gasteiger partial charge in [0, 0.05) is 10.4 Å². The van der Waals surface area contributed by atoms with Gasteiger partial charge < -0.3 is 16.4 Å². The van der Waals surface area contributed by atoms with Crippen molar-refractivity contribution >= 4 is 40.1 Å². The van der Waals surface area contributed by atoms with Crippen LogP contribution in [-0.2, 0) is 22.6 Å². The molecule has 3 aromatic rings.